The molecule has 1 N–H and O–H groups in total. The second kappa shape index (κ2) is 5.65. The average Bonchev–Trinajstić information content (AvgIpc) is 2.37. The van der Waals surface area contributed by atoms with E-state index in [9.17, 15) is 4.39 Å². The zero-order valence-electron chi connectivity index (χ0n) is 11.3. The van der Waals surface area contributed by atoms with Gasteiger partial charge in [0.05, 0.1) is 0 Å². The number of hydrogen-bond donors (Lipinski definition) is 1. The van der Waals surface area contributed by atoms with Crippen LogP contribution >= 0.6 is 0 Å². The quantitative estimate of drug-likeness (QED) is 0.916. The van der Waals surface area contributed by atoms with Crippen molar-refractivity contribution >= 4 is 17.3 Å². The molecule has 0 aliphatic rings. The van der Waals surface area contributed by atoms with Crippen LogP contribution in [0.2, 0.25) is 0 Å². The third kappa shape index (κ3) is 3.40. The van der Waals surface area contributed by atoms with E-state index in [4.69, 9.17) is 0 Å². The number of aromatic nitrogens is 2. The molecule has 0 bridgehead atoms. The first-order valence-corrected chi connectivity index (χ1v) is 6.14. The Bertz CT molecular complexity index is 557. The Hall–Kier alpha value is -2.17. The topological polar surface area (TPSA) is 41.0 Å². The van der Waals surface area contributed by atoms with Gasteiger partial charge in [-0.2, -0.15) is 0 Å². The van der Waals surface area contributed by atoms with Gasteiger partial charge >= 0.3 is 0 Å². The van der Waals surface area contributed by atoms with Crippen LogP contribution < -0.4 is 10.2 Å². The van der Waals surface area contributed by atoms with Gasteiger partial charge in [0.2, 0.25) is 0 Å². The molecule has 2 aromatic rings. The summed E-state index contributed by atoms with van der Waals surface area (Å²) in [5, 5.41) is 3.21. The summed E-state index contributed by atoms with van der Waals surface area (Å²) in [6, 6.07) is 8.53. The predicted octanol–water partition coefficient (Wildman–Crippen LogP) is 3.20. The van der Waals surface area contributed by atoms with Crippen LogP contribution in [0.1, 0.15) is 13.8 Å². The molecule has 0 atom stereocenters. The largest absolute Gasteiger partial charge is 0.368 e. The first-order chi connectivity index (χ1) is 9.06. The van der Waals surface area contributed by atoms with Crippen molar-refractivity contribution < 1.29 is 4.39 Å². The molecule has 1 heterocycles. The molecular formula is C14H17FN4. The van der Waals surface area contributed by atoms with E-state index in [1.54, 1.807) is 6.07 Å². The van der Waals surface area contributed by atoms with Crippen molar-refractivity contribution in [2.75, 3.05) is 17.3 Å². The Morgan fingerprint density at radius 2 is 2.00 bits per heavy atom. The van der Waals surface area contributed by atoms with Crippen LogP contribution in [0.3, 0.4) is 0 Å². The number of hydrogen-bond acceptors (Lipinski definition) is 4. The number of benzene rings is 1. The summed E-state index contributed by atoms with van der Waals surface area (Å²) in [5.74, 6) is 1.20. The molecular weight excluding hydrogens is 243 g/mol. The van der Waals surface area contributed by atoms with Gasteiger partial charge in [-0.15, -0.1) is 0 Å². The maximum absolute atomic E-state index is 13.2. The number of rotatable bonds is 4. The van der Waals surface area contributed by atoms with Gasteiger partial charge < -0.3 is 10.2 Å². The van der Waals surface area contributed by atoms with Crippen LogP contribution in [0, 0.1) is 5.82 Å². The molecule has 2 rings (SSSR count). The molecule has 4 nitrogen and oxygen atoms in total. The van der Waals surface area contributed by atoms with Crippen molar-refractivity contribution in [3.8, 4) is 0 Å². The molecule has 0 aliphatic carbocycles. The molecule has 19 heavy (non-hydrogen) atoms. The monoisotopic (exact) mass is 260 g/mol. The van der Waals surface area contributed by atoms with Crippen molar-refractivity contribution in [1.82, 2.24) is 9.97 Å². The second-order valence-corrected chi connectivity index (χ2v) is 4.60. The Kier molecular flexibility index (Phi) is 3.94. The minimum atomic E-state index is -0.265. The second-order valence-electron chi connectivity index (χ2n) is 4.60. The molecule has 0 amide bonds. The van der Waals surface area contributed by atoms with Gasteiger partial charge in [0.1, 0.15) is 23.8 Å². The highest BCUT2D eigenvalue weighted by atomic mass is 19.1. The number of nitrogens with zero attached hydrogens (tertiary/aromatic N) is 3. The molecule has 0 unspecified atom stereocenters. The van der Waals surface area contributed by atoms with Crippen LogP contribution in [0.15, 0.2) is 36.7 Å². The highest BCUT2D eigenvalue weighted by molar-refractivity contribution is 5.61. The van der Waals surface area contributed by atoms with Gasteiger partial charge in [0, 0.05) is 24.8 Å². The van der Waals surface area contributed by atoms with Gasteiger partial charge in [0.25, 0.3) is 0 Å². The van der Waals surface area contributed by atoms with Crippen LogP contribution in [-0.2, 0) is 0 Å². The fourth-order valence-electron chi connectivity index (χ4n) is 1.72. The fourth-order valence-corrected chi connectivity index (χ4v) is 1.72. The summed E-state index contributed by atoms with van der Waals surface area (Å²) in [7, 11) is 1.84. The molecule has 100 valence electrons. The van der Waals surface area contributed by atoms with Crippen LogP contribution in [0.5, 0.6) is 0 Å². The Balaban J connectivity index is 2.26. The lowest BCUT2D eigenvalue weighted by molar-refractivity contribution is 0.628. The van der Waals surface area contributed by atoms with E-state index in [0.717, 1.165) is 11.5 Å². The third-order valence-electron chi connectivity index (χ3n) is 2.63. The molecule has 0 fully saturated rings. The fraction of sp³-hybridized carbons (Fsp3) is 0.286. The summed E-state index contributed by atoms with van der Waals surface area (Å²) < 4.78 is 13.2. The molecule has 0 saturated carbocycles. The van der Waals surface area contributed by atoms with E-state index in [0.29, 0.717) is 11.9 Å². The Morgan fingerprint density at radius 1 is 1.21 bits per heavy atom. The highest BCUT2D eigenvalue weighted by Crippen LogP contribution is 2.23. The van der Waals surface area contributed by atoms with Gasteiger partial charge in [-0.1, -0.05) is 6.07 Å². The van der Waals surface area contributed by atoms with Crippen LogP contribution in [0.4, 0.5) is 21.7 Å². The van der Waals surface area contributed by atoms with Gasteiger partial charge in [-0.05, 0) is 32.0 Å². The van der Waals surface area contributed by atoms with E-state index >= 15 is 0 Å². The maximum Gasteiger partial charge on any atom is 0.138 e. The van der Waals surface area contributed by atoms with E-state index in [-0.39, 0.29) is 5.82 Å². The van der Waals surface area contributed by atoms with Gasteiger partial charge in [-0.3, -0.25) is 0 Å². The first-order valence-electron chi connectivity index (χ1n) is 6.14. The Labute approximate surface area is 112 Å². The summed E-state index contributed by atoms with van der Waals surface area (Å²) >= 11 is 0. The molecule has 0 spiro atoms. The van der Waals surface area contributed by atoms with Crippen molar-refractivity contribution in [2.24, 2.45) is 0 Å². The summed E-state index contributed by atoms with van der Waals surface area (Å²) in [6.45, 7) is 4.08. The molecule has 5 heteroatoms. The standard InChI is InChI=1S/C14H17FN4/c1-10(2)18-13-8-14(17-9-16-13)19(3)12-6-4-5-11(15)7-12/h4-10H,1-3H3,(H,16,17,18). The normalized spacial score (nSPS) is 10.6. The molecule has 0 radical (unpaired) electrons. The Morgan fingerprint density at radius 3 is 2.68 bits per heavy atom. The summed E-state index contributed by atoms with van der Waals surface area (Å²) in [6.07, 6.45) is 1.50. The van der Waals surface area contributed by atoms with E-state index in [1.807, 2.05) is 37.9 Å². The lowest BCUT2D eigenvalue weighted by atomic mass is 10.3. The van der Waals surface area contributed by atoms with Crippen molar-refractivity contribution in [3.63, 3.8) is 0 Å². The number of halogens is 1. The van der Waals surface area contributed by atoms with Crippen molar-refractivity contribution in [2.45, 2.75) is 19.9 Å². The lowest BCUT2D eigenvalue weighted by Gasteiger charge is -2.19. The van der Waals surface area contributed by atoms with Gasteiger partial charge in [-0.25, -0.2) is 14.4 Å². The first kappa shape index (κ1) is 13.3. The van der Waals surface area contributed by atoms with E-state index < -0.39 is 0 Å². The van der Waals surface area contributed by atoms with Crippen molar-refractivity contribution in [1.29, 1.82) is 0 Å². The van der Waals surface area contributed by atoms with Crippen molar-refractivity contribution in [3.05, 3.63) is 42.5 Å². The van der Waals surface area contributed by atoms with E-state index in [1.165, 1.54) is 18.5 Å². The molecule has 1 aromatic carbocycles. The number of anilines is 3. The zero-order chi connectivity index (χ0) is 13.8. The lowest BCUT2D eigenvalue weighted by Crippen LogP contribution is -2.14. The smallest absolute Gasteiger partial charge is 0.138 e. The van der Waals surface area contributed by atoms with Crippen LogP contribution in [0.25, 0.3) is 0 Å². The highest BCUT2D eigenvalue weighted by Gasteiger charge is 2.08. The minimum Gasteiger partial charge on any atom is -0.368 e. The molecule has 0 aliphatic heterocycles. The predicted molar refractivity (Wildman–Crippen MR) is 75.3 cm³/mol. The number of nitrogens with one attached hydrogen (secondary N) is 1. The zero-order valence-corrected chi connectivity index (χ0v) is 11.3. The minimum absolute atomic E-state index is 0.265. The average molecular weight is 260 g/mol. The SMILES string of the molecule is CC(C)Nc1cc(N(C)c2cccc(F)c2)ncn1. The summed E-state index contributed by atoms with van der Waals surface area (Å²) in [5.41, 5.74) is 0.745. The van der Waals surface area contributed by atoms with Crippen LogP contribution in [-0.4, -0.2) is 23.1 Å². The maximum atomic E-state index is 13.2. The van der Waals surface area contributed by atoms with Gasteiger partial charge in [0.15, 0.2) is 0 Å². The molecule has 0 saturated heterocycles. The van der Waals surface area contributed by atoms with E-state index in [2.05, 4.69) is 15.3 Å². The molecule has 1 aromatic heterocycles. The summed E-state index contributed by atoms with van der Waals surface area (Å²) in [4.78, 5) is 10.2. The third-order valence-corrected chi connectivity index (χ3v) is 2.63.